The SMILES string of the molecule is CCNC(C)c1ccc(-c2c(Cl)cc(Cl)c(Cl)c2Cl)cc1. The Labute approximate surface area is 145 Å². The zero-order valence-electron chi connectivity index (χ0n) is 11.7. The lowest BCUT2D eigenvalue weighted by Crippen LogP contribution is -2.17. The zero-order chi connectivity index (χ0) is 15.6. The first-order valence-corrected chi connectivity index (χ1v) is 8.13. The number of rotatable bonds is 4. The molecule has 0 fully saturated rings. The minimum atomic E-state index is 0.295. The molecule has 0 aliphatic heterocycles. The quantitative estimate of drug-likeness (QED) is 0.474. The Bertz CT molecular complexity index is 638. The smallest absolute Gasteiger partial charge is 0.0785 e. The number of hydrogen-bond acceptors (Lipinski definition) is 1. The van der Waals surface area contributed by atoms with Crippen LogP contribution in [0.3, 0.4) is 0 Å². The molecule has 0 aliphatic carbocycles. The molecular formula is C16H15Cl4N. The van der Waals surface area contributed by atoms with Gasteiger partial charge in [0, 0.05) is 11.6 Å². The van der Waals surface area contributed by atoms with E-state index in [1.165, 1.54) is 5.56 Å². The van der Waals surface area contributed by atoms with Gasteiger partial charge < -0.3 is 5.32 Å². The van der Waals surface area contributed by atoms with Gasteiger partial charge in [-0.25, -0.2) is 0 Å². The summed E-state index contributed by atoms with van der Waals surface area (Å²) in [6.45, 7) is 5.13. The van der Waals surface area contributed by atoms with Gasteiger partial charge in [0.05, 0.1) is 20.1 Å². The molecule has 0 radical (unpaired) electrons. The molecule has 0 saturated heterocycles. The number of benzene rings is 2. The summed E-state index contributed by atoms with van der Waals surface area (Å²) < 4.78 is 0. The van der Waals surface area contributed by atoms with Gasteiger partial charge in [-0.3, -0.25) is 0 Å². The normalized spacial score (nSPS) is 12.5. The van der Waals surface area contributed by atoms with Gasteiger partial charge in [0.2, 0.25) is 0 Å². The molecule has 2 rings (SSSR count). The van der Waals surface area contributed by atoms with E-state index in [0.717, 1.165) is 12.1 Å². The second-order valence-electron chi connectivity index (χ2n) is 4.74. The van der Waals surface area contributed by atoms with Crippen LogP contribution in [0.25, 0.3) is 11.1 Å². The summed E-state index contributed by atoms with van der Waals surface area (Å²) in [6.07, 6.45) is 0. The van der Waals surface area contributed by atoms with Crippen molar-refractivity contribution in [2.75, 3.05) is 6.54 Å². The zero-order valence-corrected chi connectivity index (χ0v) is 14.7. The van der Waals surface area contributed by atoms with Crippen molar-refractivity contribution < 1.29 is 0 Å². The van der Waals surface area contributed by atoms with Gasteiger partial charge in [0.1, 0.15) is 0 Å². The van der Waals surface area contributed by atoms with E-state index < -0.39 is 0 Å². The number of halogens is 4. The van der Waals surface area contributed by atoms with Crippen molar-refractivity contribution in [3.63, 3.8) is 0 Å². The average Bonchev–Trinajstić information content (AvgIpc) is 2.46. The van der Waals surface area contributed by atoms with Crippen molar-refractivity contribution >= 4 is 46.4 Å². The van der Waals surface area contributed by atoms with Gasteiger partial charge in [-0.1, -0.05) is 77.6 Å². The van der Waals surface area contributed by atoms with Crippen molar-refractivity contribution in [2.45, 2.75) is 19.9 Å². The highest BCUT2D eigenvalue weighted by atomic mass is 35.5. The largest absolute Gasteiger partial charge is 0.310 e. The van der Waals surface area contributed by atoms with E-state index in [1.807, 2.05) is 12.1 Å². The third-order valence-corrected chi connectivity index (χ3v) is 4.88. The Morgan fingerprint density at radius 3 is 2.14 bits per heavy atom. The van der Waals surface area contributed by atoms with Crippen LogP contribution in [0.5, 0.6) is 0 Å². The van der Waals surface area contributed by atoms with Crippen molar-refractivity contribution in [3.05, 3.63) is 56.0 Å². The van der Waals surface area contributed by atoms with Crippen LogP contribution in [0.1, 0.15) is 25.5 Å². The second-order valence-corrected chi connectivity index (χ2v) is 6.31. The molecule has 112 valence electrons. The Balaban J connectivity index is 2.42. The molecular weight excluding hydrogens is 348 g/mol. The molecule has 5 heteroatoms. The standard InChI is InChI=1S/C16H15Cl4N/c1-3-21-9(2)10-4-6-11(7-5-10)14-12(17)8-13(18)15(19)16(14)20/h4-9,21H,3H2,1-2H3. The van der Waals surface area contributed by atoms with Crippen molar-refractivity contribution in [1.29, 1.82) is 0 Å². The third kappa shape index (κ3) is 3.67. The fourth-order valence-corrected chi connectivity index (χ4v) is 3.32. The van der Waals surface area contributed by atoms with E-state index in [1.54, 1.807) is 6.07 Å². The lowest BCUT2D eigenvalue weighted by atomic mass is 10.0. The van der Waals surface area contributed by atoms with Crippen LogP contribution in [0.2, 0.25) is 20.1 Å². The molecule has 21 heavy (non-hydrogen) atoms. The van der Waals surface area contributed by atoms with Gasteiger partial charge in [-0.2, -0.15) is 0 Å². The Kier molecular flexibility index (Phi) is 5.81. The highest BCUT2D eigenvalue weighted by Crippen LogP contribution is 2.43. The molecule has 0 spiro atoms. The van der Waals surface area contributed by atoms with Crippen molar-refractivity contribution in [3.8, 4) is 11.1 Å². The summed E-state index contributed by atoms with van der Waals surface area (Å²) in [6, 6.07) is 9.99. The molecule has 1 atom stereocenters. The molecule has 0 bridgehead atoms. The van der Waals surface area contributed by atoms with E-state index in [0.29, 0.717) is 31.7 Å². The highest BCUT2D eigenvalue weighted by Gasteiger charge is 2.15. The monoisotopic (exact) mass is 361 g/mol. The van der Waals surface area contributed by atoms with Crippen LogP contribution in [0.15, 0.2) is 30.3 Å². The molecule has 2 aromatic carbocycles. The van der Waals surface area contributed by atoms with E-state index in [9.17, 15) is 0 Å². The van der Waals surface area contributed by atoms with Gasteiger partial charge in [-0.15, -0.1) is 0 Å². The van der Waals surface area contributed by atoms with E-state index >= 15 is 0 Å². The van der Waals surface area contributed by atoms with Crippen LogP contribution in [-0.2, 0) is 0 Å². The lowest BCUT2D eigenvalue weighted by Gasteiger charge is -2.14. The molecule has 0 aromatic heterocycles. The highest BCUT2D eigenvalue weighted by molar-refractivity contribution is 6.51. The first-order valence-electron chi connectivity index (χ1n) is 6.62. The molecule has 0 amide bonds. The summed E-state index contributed by atoms with van der Waals surface area (Å²) in [4.78, 5) is 0. The third-order valence-electron chi connectivity index (χ3n) is 3.32. The van der Waals surface area contributed by atoms with Crippen LogP contribution in [0.4, 0.5) is 0 Å². The minimum Gasteiger partial charge on any atom is -0.310 e. The van der Waals surface area contributed by atoms with E-state index in [2.05, 4.69) is 31.3 Å². The first kappa shape index (κ1) is 16.9. The molecule has 0 saturated carbocycles. The molecule has 1 unspecified atom stereocenters. The Morgan fingerprint density at radius 1 is 0.952 bits per heavy atom. The first-order chi connectivity index (χ1) is 9.95. The van der Waals surface area contributed by atoms with Crippen LogP contribution < -0.4 is 5.32 Å². The Hall–Kier alpha value is -0.440. The van der Waals surface area contributed by atoms with Gasteiger partial charge in [-0.05, 0) is 30.7 Å². The summed E-state index contributed by atoms with van der Waals surface area (Å²) in [7, 11) is 0. The fraction of sp³-hybridized carbons (Fsp3) is 0.250. The molecule has 1 nitrogen and oxygen atoms in total. The summed E-state index contributed by atoms with van der Waals surface area (Å²) in [5.74, 6) is 0. The average molecular weight is 363 g/mol. The number of hydrogen-bond donors (Lipinski definition) is 1. The lowest BCUT2D eigenvalue weighted by molar-refractivity contribution is 0.598. The number of nitrogens with one attached hydrogen (secondary N) is 1. The topological polar surface area (TPSA) is 12.0 Å². The maximum atomic E-state index is 6.28. The molecule has 0 heterocycles. The maximum Gasteiger partial charge on any atom is 0.0785 e. The second kappa shape index (κ2) is 7.21. The van der Waals surface area contributed by atoms with Crippen molar-refractivity contribution in [2.24, 2.45) is 0 Å². The van der Waals surface area contributed by atoms with Crippen LogP contribution >= 0.6 is 46.4 Å². The van der Waals surface area contributed by atoms with Gasteiger partial charge in [0.15, 0.2) is 0 Å². The fourth-order valence-electron chi connectivity index (χ4n) is 2.19. The summed E-state index contributed by atoms with van der Waals surface area (Å²) in [5.41, 5.74) is 2.82. The summed E-state index contributed by atoms with van der Waals surface area (Å²) >= 11 is 24.6. The molecule has 2 aromatic rings. The molecule has 1 N–H and O–H groups in total. The van der Waals surface area contributed by atoms with Gasteiger partial charge >= 0.3 is 0 Å². The Morgan fingerprint density at radius 2 is 1.57 bits per heavy atom. The summed E-state index contributed by atoms with van der Waals surface area (Å²) in [5, 5.41) is 4.91. The maximum absolute atomic E-state index is 6.28. The minimum absolute atomic E-state index is 0.295. The molecule has 0 aliphatic rings. The van der Waals surface area contributed by atoms with Gasteiger partial charge in [0.25, 0.3) is 0 Å². The van der Waals surface area contributed by atoms with Crippen LogP contribution in [0, 0.1) is 0 Å². The predicted molar refractivity (Wildman–Crippen MR) is 94.0 cm³/mol. The predicted octanol–water partition coefficient (Wildman–Crippen LogP) is 6.64. The van der Waals surface area contributed by atoms with Crippen LogP contribution in [-0.4, -0.2) is 6.54 Å². The van der Waals surface area contributed by atoms with Crippen molar-refractivity contribution in [1.82, 2.24) is 5.32 Å². The van der Waals surface area contributed by atoms with E-state index in [4.69, 9.17) is 46.4 Å². The van der Waals surface area contributed by atoms with E-state index in [-0.39, 0.29) is 0 Å².